The third-order valence-corrected chi connectivity index (χ3v) is 8.51. The monoisotopic (exact) mass is 611 g/mol. The number of aryl methyl sites for hydroxylation is 1. The van der Waals surface area contributed by atoms with Gasteiger partial charge in [-0.2, -0.15) is 0 Å². The number of hydrogen-bond acceptors (Lipinski definition) is 3. The number of aromatic nitrogens is 2. The molecule has 0 saturated carbocycles. The minimum Gasteiger partial charge on any atom is -0.351 e. The average molecular weight is 613 g/mol. The Hall–Kier alpha value is -3.10. The van der Waals surface area contributed by atoms with Gasteiger partial charge in [-0.05, 0) is 80.2 Å². The molecule has 5 rings (SSSR count). The van der Waals surface area contributed by atoms with E-state index < -0.39 is 0 Å². The average Bonchev–Trinajstić information content (AvgIpc) is 3.42. The van der Waals surface area contributed by atoms with Crippen molar-refractivity contribution < 1.29 is 4.79 Å². The molecule has 3 heterocycles. The molecule has 0 bridgehead atoms. The second-order valence-corrected chi connectivity index (χ2v) is 11.6. The fourth-order valence-corrected chi connectivity index (χ4v) is 6.05. The normalized spacial score (nSPS) is 16.9. The highest BCUT2D eigenvalue weighted by atomic mass is 35.5. The highest BCUT2D eigenvalue weighted by Gasteiger charge is 2.42. The summed E-state index contributed by atoms with van der Waals surface area (Å²) in [6.07, 6.45) is 1.78. The third-order valence-electron chi connectivity index (χ3n) is 7.07. The number of nitrogens with one attached hydrogen (secondary N) is 2. The van der Waals surface area contributed by atoms with Crippen molar-refractivity contribution in [3.8, 4) is 5.69 Å². The van der Waals surface area contributed by atoms with E-state index >= 15 is 0 Å². The molecule has 1 amide bonds. The zero-order valence-corrected chi connectivity index (χ0v) is 25.5. The molecule has 1 fully saturated rings. The van der Waals surface area contributed by atoms with Crippen LogP contribution in [0.3, 0.4) is 0 Å². The third kappa shape index (κ3) is 5.19. The first-order valence-electron chi connectivity index (χ1n) is 12.8. The largest absolute Gasteiger partial charge is 0.351 e. The summed E-state index contributed by atoms with van der Waals surface area (Å²) >= 11 is 25.6. The van der Waals surface area contributed by atoms with Crippen LogP contribution in [0.5, 0.6) is 0 Å². The number of benzene rings is 2. The van der Waals surface area contributed by atoms with Crippen LogP contribution in [0, 0.1) is 19.8 Å². The van der Waals surface area contributed by atoms with Gasteiger partial charge in [0.25, 0.3) is 0 Å². The first-order valence-corrected chi connectivity index (χ1v) is 14.4. The summed E-state index contributed by atoms with van der Waals surface area (Å²) in [5.74, 6) is -0.272. The van der Waals surface area contributed by atoms with Crippen LogP contribution in [0.1, 0.15) is 48.6 Å². The molecule has 2 N–H and O–H groups in total. The summed E-state index contributed by atoms with van der Waals surface area (Å²) in [5.41, 5.74) is 6.04. The van der Waals surface area contributed by atoms with Crippen LogP contribution in [0.25, 0.3) is 5.69 Å². The van der Waals surface area contributed by atoms with Crippen molar-refractivity contribution in [1.29, 1.82) is 0 Å². The van der Waals surface area contributed by atoms with Crippen molar-refractivity contribution in [3.05, 3.63) is 105 Å². The van der Waals surface area contributed by atoms with Crippen molar-refractivity contribution in [2.75, 3.05) is 10.2 Å². The molecule has 0 spiro atoms. The molecular weight excluding hydrogens is 585 g/mol. The number of carbonyl (C=O) groups excluding carboxylic acids is 1. The Bertz CT molecular complexity index is 1600. The Morgan fingerprint density at radius 2 is 1.80 bits per heavy atom. The number of hydrogen-bond donors (Lipinski definition) is 2. The van der Waals surface area contributed by atoms with Crippen molar-refractivity contribution in [1.82, 2.24) is 14.9 Å². The zero-order valence-electron chi connectivity index (χ0n) is 22.4. The van der Waals surface area contributed by atoms with Gasteiger partial charge in [-0.1, -0.05) is 60.8 Å². The summed E-state index contributed by atoms with van der Waals surface area (Å²) in [6.45, 7) is 7.77. The molecule has 206 valence electrons. The highest BCUT2D eigenvalue weighted by Crippen LogP contribution is 2.45. The first-order chi connectivity index (χ1) is 19.1. The number of halogens is 3. The lowest BCUT2D eigenvalue weighted by Gasteiger charge is -2.28. The van der Waals surface area contributed by atoms with Gasteiger partial charge in [-0.15, -0.1) is 0 Å². The fraction of sp³-hybridized carbons (Fsp3) is 0.233. The SMILES string of the molecule is Cc1cc([C@H]2[C@H](c3ccccn3)NC(=S)N2c2ccc(NC(=O)C(C)C)c(Cl)c2)c(C)n1-c1cccc(Cl)c1Cl. The van der Waals surface area contributed by atoms with E-state index in [-0.39, 0.29) is 23.9 Å². The number of rotatable bonds is 6. The van der Waals surface area contributed by atoms with E-state index in [1.165, 1.54) is 0 Å². The standard InChI is InChI=1S/C30H28Cl3N5OS/c1-16(2)29(39)35-23-12-11-19(15-22(23)32)38-28(27(36-30(38)40)24-9-5-6-13-34-24)20-14-17(3)37(18(20)4)25-10-7-8-21(31)26(25)33/h5-16,27-28H,1-4H3,(H,35,39)(H,36,40)/t27-,28-/m0/s1. The number of anilines is 2. The Labute approximate surface area is 254 Å². The van der Waals surface area contributed by atoms with Crippen LogP contribution in [0.2, 0.25) is 15.1 Å². The molecule has 6 nitrogen and oxygen atoms in total. The maximum absolute atomic E-state index is 12.3. The van der Waals surface area contributed by atoms with Crippen LogP contribution in [-0.4, -0.2) is 20.6 Å². The Balaban J connectivity index is 1.64. The molecule has 0 unspecified atom stereocenters. The van der Waals surface area contributed by atoms with Gasteiger partial charge in [0, 0.05) is 29.2 Å². The number of pyridine rings is 1. The molecule has 2 atom stereocenters. The summed E-state index contributed by atoms with van der Waals surface area (Å²) in [4.78, 5) is 19.0. The molecule has 10 heteroatoms. The van der Waals surface area contributed by atoms with E-state index in [9.17, 15) is 4.79 Å². The Morgan fingerprint density at radius 3 is 2.48 bits per heavy atom. The molecule has 2 aromatic heterocycles. The quantitative estimate of drug-likeness (QED) is 0.215. The van der Waals surface area contributed by atoms with Gasteiger partial charge in [0.05, 0.1) is 44.2 Å². The van der Waals surface area contributed by atoms with Gasteiger partial charge >= 0.3 is 0 Å². The molecule has 1 aliphatic heterocycles. The maximum atomic E-state index is 12.3. The van der Waals surface area contributed by atoms with Crippen LogP contribution >= 0.6 is 47.0 Å². The summed E-state index contributed by atoms with van der Waals surface area (Å²) < 4.78 is 2.11. The Morgan fingerprint density at radius 1 is 1.02 bits per heavy atom. The molecule has 2 aromatic carbocycles. The second-order valence-electron chi connectivity index (χ2n) is 10.0. The number of carbonyl (C=O) groups is 1. The van der Waals surface area contributed by atoms with Crippen LogP contribution in [-0.2, 0) is 4.79 Å². The van der Waals surface area contributed by atoms with E-state index in [0.717, 1.165) is 34.0 Å². The van der Waals surface area contributed by atoms with Gasteiger partial charge in [0.2, 0.25) is 5.91 Å². The van der Waals surface area contributed by atoms with Crippen molar-refractivity contribution in [3.63, 3.8) is 0 Å². The van der Waals surface area contributed by atoms with E-state index in [4.69, 9.17) is 47.0 Å². The molecule has 40 heavy (non-hydrogen) atoms. The Kier molecular flexibility index (Phi) is 8.11. The molecular formula is C30H28Cl3N5OS. The number of nitrogens with zero attached hydrogens (tertiary/aromatic N) is 3. The van der Waals surface area contributed by atoms with E-state index in [1.807, 2.05) is 63.2 Å². The predicted molar refractivity (Wildman–Crippen MR) is 168 cm³/mol. The van der Waals surface area contributed by atoms with Gasteiger partial charge < -0.3 is 20.1 Å². The molecule has 4 aromatic rings. The predicted octanol–water partition coefficient (Wildman–Crippen LogP) is 8.22. The van der Waals surface area contributed by atoms with Crippen molar-refractivity contribution >= 4 is 69.4 Å². The van der Waals surface area contributed by atoms with Gasteiger partial charge in [0.1, 0.15) is 0 Å². The van der Waals surface area contributed by atoms with E-state index in [1.54, 1.807) is 18.3 Å². The van der Waals surface area contributed by atoms with Gasteiger partial charge in [0.15, 0.2) is 5.11 Å². The smallest absolute Gasteiger partial charge is 0.226 e. The fourth-order valence-electron chi connectivity index (χ4n) is 5.10. The lowest BCUT2D eigenvalue weighted by molar-refractivity contribution is -0.118. The number of amides is 1. The van der Waals surface area contributed by atoms with E-state index in [2.05, 4.69) is 38.1 Å². The highest BCUT2D eigenvalue weighted by molar-refractivity contribution is 7.80. The van der Waals surface area contributed by atoms with Crippen LogP contribution in [0.15, 0.2) is 66.9 Å². The summed E-state index contributed by atoms with van der Waals surface area (Å²) in [7, 11) is 0. The lowest BCUT2D eigenvalue weighted by Crippen LogP contribution is -2.29. The van der Waals surface area contributed by atoms with Gasteiger partial charge in [-0.3, -0.25) is 9.78 Å². The summed E-state index contributed by atoms with van der Waals surface area (Å²) in [5, 5.41) is 8.32. The zero-order chi connectivity index (χ0) is 28.7. The maximum Gasteiger partial charge on any atom is 0.226 e. The molecule has 0 aliphatic carbocycles. The van der Waals surface area contributed by atoms with Crippen molar-refractivity contribution in [2.24, 2.45) is 5.92 Å². The minimum atomic E-state index is -0.257. The first kappa shape index (κ1) is 28.4. The summed E-state index contributed by atoms with van der Waals surface area (Å²) in [6, 6.07) is 18.7. The minimum absolute atomic E-state index is 0.104. The van der Waals surface area contributed by atoms with Crippen LogP contribution in [0.4, 0.5) is 11.4 Å². The molecule has 1 aliphatic rings. The lowest BCUT2D eigenvalue weighted by atomic mass is 9.96. The second kappa shape index (κ2) is 11.4. The molecule has 1 saturated heterocycles. The van der Waals surface area contributed by atoms with E-state index in [0.29, 0.717) is 25.9 Å². The number of thiocarbonyl (C=S) groups is 1. The van der Waals surface area contributed by atoms with Crippen LogP contribution < -0.4 is 15.5 Å². The van der Waals surface area contributed by atoms with Crippen molar-refractivity contribution in [2.45, 2.75) is 39.8 Å². The van der Waals surface area contributed by atoms with Gasteiger partial charge in [-0.25, -0.2) is 0 Å². The topological polar surface area (TPSA) is 62.2 Å². The molecule has 0 radical (unpaired) electrons.